The lowest BCUT2D eigenvalue weighted by molar-refractivity contribution is -0.161. The molecule has 0 rings (SSSR count). The first-order valence-corrected chi connectivity index (χ1v) is 23.1. The molecular formula is C45H79O8P. The predicted molar refractivity (Wildman–Crippen MR) is 225 cm³/mol. The topological polar surface area (TPSA) is 119 Å². The minimum atomic E-state index is -4.77. The lowest BCUT2D eigenvalue weighted by atomic mass is 10.1. The summed E-state index contributed by atoms with van der Waals surface area (Å²) in [5.74, 6) is -0.953. The van der Waals surface area contributed by atoms with Gasteiger partial charge in [0.2, 0.25) is 0 Å². The number of allylic oxidation sites excluding steroid dienone is 10. The van der Waals surface area contributed by atoms with Crippen LogP contribution < -0.4 is 0 Å². The fourth-order valence-electron chi connectivity index (χ4n) is 5.77. The number of phosphoric acid groups is 1. The van der Waals surface area contributed by atoms with Gasteiger partial charge in [-0.25, -0.2) is 4.57 Å². The van der Waals surface area contributed by atoms with Gasteiger partial charge in [0, 0.05) is 12.8 Å². The second kappa shape index (κ2) is 40.4. The highest BCUT2D eigenvalue weighted by atomic mass is 31.2. The molecule has 0 aromatic heterocycles. The molecule has 0 aliphatic rings. The quantitative estimate of drug-likeness (QED) is 0.0274. The first-order valence-electron chi connectivity index (χ1n) is 21.6. The molecule has 2 N–H and O–H groups in total. The van der Waals surface area contributed by atoms with E-state index in [2.05, 4.69) is 73.1 Å². The summed E-state index contributed by atoms with van der Waals surface area (Å²) in [4.78, 5) is 42.9. The maximum Gasteiger partial charge on any atom is 0.469 e. The Morgan fingerprint density at radius 1 is 0.481 bits per heavy atom. The van der Waals surface area contributed by atoms with Gasteiger partial charge in [-0.05, 0) is 77.0 Å². The molecule has 0 heterocycles. The summed E-state index contributed by atoms with van der Waals surface area (Å²) >= 11 is 0. The van der Waals surface area contributed by atoms with Crippen LogP contribution in [0.1, 0.15) is 194 Å². The van der Waals surface area contributed by atoms with Gasteiger partial charge >= 0.3 is 19.8 Å². The van der Waals surface area contributed by atoms with Crippen molar-refractivity contribution in [2.75, 3.05) is 13.2 Å². The summed E-state index contributed by atoms with van der Waals surface area (Å²) in [5.41, 5.74) is 0. The monoisotopic (exact) mass is 779 g/mol. The largest absolute Gasteiger partial charge is 0.469 e. The Kier molecular flexibility index (Phi) is 38.7. The van der Waals surface area contributed by atoms with Crippen LogP contribution >= 0.6 is 7.82 Å². The Hall–Kier alpha value is -2.25. The normalized spacial score (nSPS) is 13.0. The number of phosphoric ester groups is 1. The van der Waals surface area contributed by atoms with Crippen LogP contribution in [0.3, 0.4) is 0 Å². The molecule has 0 aromatic rings. The second-order valence-electron chi connectivity index (χ2n) is 14.3. The van der Waals surface area contributed by atoms with E-state index in [-0.39, 0.29) is 19.4 Å². The molecule has 8 nitrogen and oxygen atoms in total. The highest BCUT2D eigenvalue weighted by Crippen LogP contribution is 2.36. The maximum atomic E-state index is 12.4. The first kappa shape index (κ1) is 51.8. The minimum Gasteiger partial charge on any atom is -0.462 e. The van der Waals surface area contributed by atoms with E-state index in [4.69, 9.17) is 19.3 Å². The minimum absolute atomic E-state index is 0.189. The van der Waals surface area contributed by atoms with E-state index in [1.165, 1.54) is 109 Å². The van der Waals surface area contributed by atoms with Crippen molar-refractivity contribution in [1.29, 1.82) is 0 Å². The summed E-state index contributed by atoms with van der Waals surface area (Å²) in [5, 5.41) is 0. The van der Waals surface area contributed by atoms with E-state index in [9.17, 15) is 14.2 Å². The van der Waals surface area contributed by atoms with Crippen molar-refractivity contribution in [3.63, 3.8) is 0 Å². The van der Waals surface area contributed by atoms with Crippen LogP contribution in [0.5, 0.6) is 0 Å². The zero-order chi connectivity index (χ0) is 39.6. The SMILES string of the molecule is CCCCC/C=C/C/C=C/C/C=C/C/C=C/CCCC(=O)OC[C@H](COP(=O)(O)O)OC(=O)CCCCCCCCCCC/C=C/CCCCCCCC. The van der Waals surface area contributed by atoms with Gasteiger partial charge in [0.15, 0.2) is 6.10 Å². The number of carbonyl (C=O) groups is 2. The maximum absolute atomic E-state index is 12.4. The standard InChI is InChI=1S/C45H79O8P/c1-3-5-7-9-11-13-15-17-19-21-22-24-26-28-30-32-34-36-38-40-45(47)53-43(42-52-54(48,49)50)41-51-44(46)39-37-35-33-31-29-27-25-23-20-18-16-14-12-10-8-6-4-2/h12,14,17-20,25,27,31,33,43H,3-11,13,15-16,21-24,26,28-30,32,34-42H2,1-2H3,(H2,48,49,50)/b14-12+,19-17+,20-18+,27-25+,33-31+/t43-/m1/s1. The molecule has 0 saturated heterocycles. The molecule has 0 spiro atoms. The molecule has 0 aliphatic heterocycles. The van der Waals surface area contributed by atoms with Crippen LogP contribution in [0, 0.1) is 0 Å². The van der Waals surface area contributed by atoms with Gasteiger partial charge in [-0.15, -0.1) is 0 Å². The van der Waals surface area contributed by atoms with Crippen molar-refractivity contribution in [3.05, 3.63) is 60.8 Å². The Labute approximate surface area is 330 Å². The molecule has 1 atom stereocenters. The average Bonchev–Trinajstić information content (AvgIpc) is 3.14. The van der Waals surface area contributed by atoms with Crippen LogP contribution in [0.25, 0.3) is 0 Å². The average molecular weight is 779 g/mol. The highest BCUT2D eigenvalue weighted by Gasteiger charge is 2.22. The van der Waals surface area contributed by atoms with Gasteiger partial charge < -0.3 is 19.3 Å². The highest BCUT2D eigenvalue weighted by molar-refractivity contribution is 7.46. The van der Waals surface area contributed by atoms with Crippen molar-refractivity contribution in [3.8, 4) is 0 Å². The molecule has 9 heteroatoms. The zero-order valence-corrected chi connectivity index (χ0v) is 35.2. The Bertz CT molecular complexity index is 1060. The molecule has 54 heavy (non-hydrogen) atoms. The number of hydrogen-bond acceptors (Lipinski definition) is 6. The first-order chi connectivity index (χ1) is 26.3. The Morgan fingerprint density at radius 2 is 0.852 bits per heavy atom. The molecule has 0 fully saturated rings. The molecule has 0 bridgehead atoms. The van der Waals surface area contributed by atoms with Crippen LogP contribution in [0.2, 0.25) is 0 Å². The van der Waals surface area contributed by atoms with E-state index in [1.54, 1.807) is 0 Å². The van der Waals surface area contributed by atoms with Crippen molar-refractivity contribution >= 4 is 19.8 Å². The smallest absolute Gasteiger partial charge is 0.462 e. The molecule has 0 radical (unpaired) electrons. The fraction of sp³-hybridized carbons (Fsp3) is 0.733. The number of carbonyl (C=O) groups excluding carboxylic acids is 2. The summed E-state index contributed by atoms with van der Waals surface area (Å²) < 4.78 is 26.4. The van der Waals surface area contributed by atoms with E-state index in [0.717, 1.165) is 44.9 Å². The fourth-order valence-corrected chi connectivity index (χ4v) is 6.13. The molecule has 0 amide bonds. The number of hydrogen-bond donors (Lipinski definition) is 2. The van der Waals surface area contributed by atoms with E-state index < -0.39 is 32.5 Å². The van der Waals surface area contributed by atoms with Crippen LogP contribution in [-0.2, 0) is 28.2 Å². The zero-order valence-electron chi connectivity index (χ0n) is 34.4. The molecule has 0 unspecified atom stereocenters. The third-order valence-electron chi connectivity index (χ3n) is 9.01. The summed E-state index contributed by atoms with van der Waals surface area (Å²) in [6.07, 6.45) is 50.9. The van der Waals surface area contributed by atoms with E-state index in [1.807, 2.05) is 6.08 Å². The third kappa shape index (κ3) is 42.5. The van der Waals surface area contributed by atoms with Gasteiger partial charge in [-0.1, -0.05) is 164 Å². The molecule has 0 saturated carbocycles. The number of esters is 2. The van der Waals surface area contributed by atoms with Crippen molar-refractivity contribution < 1.29 is 37.9 Å². The van der Waals surface area contributed by atoms with Crippen LogP contribution in [-0.4, -0.2) is 41.0 Å². The van der Waals surface area contributed by atoms with Crippen molar-refractivity contribution in [1.82, 2.24) is 0 Å². The molecule has 0 aromatic carbocycles. The van der Waals surface area contributed by atoms with Gasteiger partial charge in [-0.2, -0.15) is 0 Å². The third-order valence-corrected chi connectivity index (χ3v) is 9.49. The van der Waals surface area contributed by atoms with Gasteiger partial charge in [0.1, 0.15) is 6.61 Å². The van der Waals surface area contributed by atoms with E-state index >= 15 is 0 Å². The van der Waals surface area contributed by atoms with Crippen molar-refractivity contribution in [2.45, 2.75) is 200 Å². The number of ether oxygens (including phenoxy) is 2. The van der Waals surface area contributed by atoms with Crippen LogP contribution in [0.15, 0.2) is 60.8 Å². The summed E-state index contributed by atoms with van der Waals surface area (Å²) in [6, 6.07) is 0. The van der Waals surface area contributed by atoms with Crippen LogP contribution in [0.4, 0.5) is 0 Å². The number of unbranched alkanes of at least 4 members (excludes halogenated alkanes) is 19. The predicted octanol–water partition coefficient (Wildman–Crippen LogP) is 13.3. The molecule has 0 aliphatic carbocycles. The van der Waals surface area contributed by atoms with Gasteiger partial charge in [0.25, 0.3) is 0 Å². The lowest BCUT2D eigenvalue weighted by Crippen LogP contribution is -2.29. The van der Waals surface area contributed by atoms with E-state index in [0.29, 0.717) is 12.8 Å². The molecular weight excluding hydrogens is 699 g/mol. The second-order valence-corrected chi connectivity index (χ2v) is 15.5. The number of rotatable bonds is 39. The Morgan fingerprint density at radius 3 is 1.35 bits per heavy atom. The van der Waals surface area contributed by atoms with Gasteiger partial charge in [0.05, 0.1) is 6.61 Å². The molecule has 312 valence electrons. The van der Waals surface area contributed by atoms with Crippen molar-refractivity contribution in [2.24, 2.45) is 0 Å². The Balaban J connectivity index is 3.99. The summed E-state index contributed by atoms with van der Waals surface area (Å²) in [7, 11) is -4.77. The van der Waals surface area contributed by atoms with Gasteiger partial charge in [-0.3, -0.25) is 14.1 Å². The lowest BCUT2D eigenvalue weighted by Gasteiger charge is -2.18. The summed E-state index contributed by atoms with van der Waals surface area (Å²) in [6.45, 7) is 3.61.